The number of unbranched alkanes of at least 4 members (excludes halogenated alkanes) is 1. The van der Waals surface area contributed by atoms with Crippen molar-refractivity contribution < 1.29 is 4.52 Å². The number of fused-ring (bicyclic) bond motifs is 1. The summed E-state index contributed by atoms with van der Waals surface area (Å²) in [7, 11) is 0. The van der Waals surface area contributed by atoms with Crippen LogP contribution in [0.15, 0.2) is 37.3 Å². The summed E-state index contributed by atoms with van der Waals surface area (Å²) in [4.78, 5) is 34.5. The quantitative estimate of drug-likeness (QED) is 0.421. The highest BCUT2D eigenvalue weighted by Gasteiger charge is 2.24. The molecule has 3 aromatic rings. The van der Waals surface area contributed by atoms with Gasteiger partial charge in [-0.25, -0.2) is 9.79 Å². The summed E-state index contributed by atoms with van der Waals surface area (Å²) in [6.07, 6.45) is 3.32. The van der Waals surface area contributed by atoms with E-state index in [4.69, 9.17) is 39.3 Å². The molecule has 0 bridgehead atoms. The number of hydrogen-bond acceptors (Lipinski definition) is 6. The Balaban J connectivity index is 1.46. The molecule has 0 saturated carbocycles. The van der Waals surface area contributed by atoms with Gasteiger partial charge in [-0.15, -0.1) is 0 Å². The topological polar surface area (TPSA) is 95.3 Å². The number of halogens is 3. The number of hydrogen-bond donors (Lipinski definition) is 0. The summed E-state index contributed by atoms with van der Waals surface area (Å²) in [5, 5.41) is 5.40. The first-order valence-corrected chi connectivity index (χ1v) is 11.8. The van der Waals surface area contributed by atoms with Gasteiger partial charge < -0.3 is 4.52 Å². The van der Waals surface area contributed by atoms with E-state index in [1.54, 1.807) is 22.8 Å². The van der Waals surface area contributed by atoms with E-state index in [-0.39, 0.29) is 24.2 Å². The molecule has 0 fully saturated rings. The van der Waals surface area contributed by atoms with Crippen molar-refractivity contribution in [2.24, 2.45) is 4.99 Å². The summed E-state index contributed by atoms with van der Waals surface area (Å²) in [5.41, 5.74) is 0.631. The van der Waals surface area contributed by atoms with Gasteiger partial charge in [0.1, 0.15) is 11.0 Å². The van der Waals surface area contributed by atoms with Gasteiger partial charge in [0, 0.05) is 42.4 Å². The van der Waals surface area contributed by atoms with Crippen LogP contribution in [0.4, 0.5) is 5.82 Å². The van der Waals surface area contributed by atoms with Crippen LogP contribution in [0.3, 0.4) is 0 Å². The standard InChI is InChI=1S/C22H22Cl3N5O3/c1-2-3-6-29-20-16(12-17(25)26-20)21(31)30(22(29)32)7-4-5-19-27-18(28-33-19)10-13-8-14(23)11-15(24)9-13/h8-9,11H,2-7,10,12H2,1H3. The average molecular weight is 511 g/mol. The second-order valence-corrected chi connectivity index (χ2v) is 9.18. The first kappa shape index (κ1) is 23.7. The van der Waals surface area contributed by atoms with E-state index in [2.05, 4.69) is 15.1 Å². The van der Waals surface area contributed by atoms with Gasteiger partial charge in [-0.05, 0) is 36.6 Å². The van der Waals surface area contributed by atoms with E-state index in [0.717, 1.165) is 18.4 Å². The maximum Gasteiger partial charge on any atom is 0.332 e. The minimum Gasteiger partial charge on any atom is -0.339 e. The number of nitrogens with zero attached hydrogens (tertiary/aromatic N) is 5. The van der Waals surface area contributed by atoms with Crippen LogP contribution >= 0.6 is 34.8 Å². The van der Waals surface area contributed by atoms with Gasteiger partial charge in [0.15, 0.2) is 5.82 Å². The van der Waals surface area contributed by atoms with Gasteiger partial charge in [-0.3, -0.25) is 13.9 Å². The Kier molecular flexibility index (Phi) is 7.36. The van der Waals surface area contributed by atoms with E-state index in [1.807, 2.05) is 6.92 Å². The normalized spacial score (nSPS) is 12.8. The van der Waals surface area contributed by atoms with Crippen molar-refractivity contribution in [3.8, 4) is 0 Å². The first-order valence-electron chi connectivity index (χ1n) is 10.7. The molecule has 0 spiro atoms. The zero-order valence-corrected chi connectivity index (χ0v) is 20.3. The monoisotopic (exact) mass is 509 g/mol. The molecule has 0 aliphatic carbocycles. The molecule has 2 aromatic heterocycles. The Bertz CT molecular complexity index is 1310. The smallest absolute Gasteiger partial charge is 0.332 e. The maximum atomic E-state index is 13.0. The van der Waals surface area contributed by atoms with Gasteiger partial charge in [0.2, 0.25) is 5.89 Å². The number of aryl methyl sites for hydroxylation is 1. The Hall–Kier alpha value is -2.42. The molecular formula is C22H22Cl3N5O3. The molecule has 1 aromatic carbocycles. The summed E-state index contributed by atoms with van der Waals surface area (Å²) >= 11 is 18.1. The molecule has 0 saturated heterocycles. The lowest BCUT2D eigenvalue weighted by molar-refractivity contribution is 0.366. The van der Waals surface area contributed by atoms with E-state index >= 15 is 0 Å². The third-order valence-electron chi connectivity index (χ3n) is 5.34. The highest BCUT2D eigenvalue weighted by atomic mass is 35.5. The second-order valence-electron chi connectivity index (χ2n) is 7.87. The lowest BCUT2D eigenvalue weighted by Gasteiger charge is -2.13. The largest absolute Gasteiger partial charge is 0.339 e. The van der Waals surface area contributed by atoms with Crippen molar-refractivity contribution >= 4 is 45.8 Å². The van der Waals surface area contributed by atoms with Crippen LogP contribution in [0.1, 0.15) is 49.0 Å². The predicted molar refractivity (Wildman–Crippen MR) is 128 cm³/mol. The van der Waals surface area contributed by atoms with Crippen molar-refractivity contribution in [2.75, 3.05) is 0 Å². The Labute approximate surface area is 204 Å². The van der Waals surface area contributed by atoms with Crippen LogP contribution in [0.5, 0.6) is 0 Å². The zero-order valence-electron chi connectivity index (χ0n) is 18.0. The van der Waals surface area contributed by atoms with Crippen molar-refractivity contribution in [1.82, 2.24) is 19.3 Å². The van der Waals surface area contributed by atoms with Crippen LogP contribution in [-0.4, -0.2) is 24.4 Å². The third kappa shape index (κ3) is 5.39. The van der Waals surface area contributed by atoms with Gasteiger partial charge >= 0.3 is 5.69 Å². The number of aromatic nitrogens is 4. The molecule has 3 heterocycles. The van der Waals surface area contributed by atoms with Gasteiger partial charge in [0.25, 0.3) is 5.56 Å². The molecule has 0 amide bonds. The van der Waals surface area contributed by atoms with Gasteiger partial charge in [-0.1, -0.05) is 53.3 Å². The molecule has 0 N–H and O–H groups in total. The minimum atomic E-state index is -0.369. The zero-order chi connectivity index (χ0) is 23.5. The Morgan fingerprint density at radius 2 is 1.76 bits per heavy atom. The summed E-state index contributed by atoms with van der Waals surface area (Å²) in [6.45, 7) is 2.76. The fraction of sp³-hybridized carbons (Fsp3) is 0.409. The number of rotatable bonds is 9. The molecule has 33 heavy (non-hydrogen) atoms. The van der Waals surface area contributed by atoms with Crippen molar-refractivity contribution in [3.63, 3.8) is 0 Å². The molecule has 174 valence electrons. The Morgan fingerprint density at radius 3 is 2.48 bits per heavy atom. The maximum absolute atomic E-state index is 13.0. The lowest BCUT2D eigenvalue weighted by atomic mass is 10.1. The van der Waals surface area contributed by atoms with Crippen LogP contribution < -0.4 is 11.2 Å². The summed E-state index contributed by atoms with van der Waals surface area (Å²) < 4.78 is 8.13. The first-order chi connectivity index (χ1) is 15.9. The fourth-order valence-electron chi connectivity index (χ4n) is 3.79. The molecule has 11 heteroatoms. The van der Waals surface area contributed by atoms with Gasteiger partial charge in [0.05, 0.1) is 5.56 Å². The van der Waals surface area contributed by atoms with Crippen molar-refractivity contribution in [2.45, 2.75) is 58.5 Å². The SMILES string of the molecule is CCCCn1c2c(c(=O)n(CCCc3nc(Cc4cc(Cl)cc(Cl)c4)no3)c1=O)CC(Cl)=N2. The molecule has 1 aliphatic rings. The second kappa shape index (κ2) is 10.2. The lowest BCUT2D eigenvalue weighted by Crippen LogP contribution is -2.41. The molecule has 0 atom stereocenters. The van der Waals surface area contributed by atoms with Crippen LogP contribution in [0, 0.1) is 0 Å². The minimum absolute atomic E-state index is 0.232. The Morgan fingerprint density at radius 1 is 1.03 bits per heavy atom. The molecular weight excluding hydrogens is 489 g/mol. The van der Waals surface area contributed by atoms with Crippen LogP contribution in [0.25, 0.3) is 0 Å². The van der Waals surface area contributed by atoms with Crippen molar-refractivity contribution in [3.05, 3.63) is 71.9 Å². The van der Waals surface area contributed by atoms with E-state index in [9.17, 15) is 9.59 Å². The highest BCUT2D eigenvalue weighted by molar-refractivity contribution is 6.66. The molecule has 8 nitrogen and oxygen atoms in total. The van der Waals surface area contributed by atoms with E-state index < -0.39 is 0 Å². The molecule has 4 rings (SSSR count). The summed E-state index contributed by atoms with van der Waals surface area (Å²) in [5.74, 6) is 1.33. The van der Waals surface area contributed by atoms with Crippen molar-refractivity contribution in [1.29, 1.82) is 0 Å². The summed E-state index contributed by atoms with van der Waals surface area (Å²) in [6, 6.07) is 5.25. The van der Waals surface area contributed by atoms with E-state index in [1.165, 1.54) is 4.57 Å². The molecule has 0 radical (unpaired) electrons. The third-order valence-corrected chi connectivity index (χ3v) is 6.00. The molecule has 0 unspecified atom stereocenters. The predicted octanol–water partition coefficient (Wildman–Crippen LogP) is 4.55. The number of benzene rings is 1. The fourth-order valence-corrected chi connectivity index (χ4v) is 4.57. The molecule has 1 aliphatic heterocycles. The average Bonchev–Trinajstić information content (AvgIpc) is 3.36. The van der Waals surface area contributed by atoms with Crippen LogP contribution in [0.2, 0.25) is 10.0 Å². The van der Waals surface area contributed by atoms with Gasteiger partial charge in [-0.2, -0.15) is 4.98 Å². The highest BCUT2D eigenvalue weighted by Crippen LogP contribution is 2.24. The van der Waals surface area contributed by atoms with E-state index in [0.29, 0.717) is 64.1 Å². The van der Waals surface area contributed by atoms with Crippen LogP contribution in [-0.2, 0) is 32.4 Å². The number of aliphatic imine (C=N–C) groups is 1.